The van der Waals surface area contributed by atoms with Crippen molar-refractivity contribution in [3.05, 3.63) is 88.7 Å². The number of pyridine rings is 1. The van der Waals surface area contributed by atoms with Crippen LogP contribution >= 0.6 is 15.9 Å². The monoisotopic (exact) mass is 439 g/mol. The van der Waals surface area contributed by atoms with E-state index in [2.05, 4.69) is 31.5 Å². The van der Waals surface area contributed by atoms with Gasteiger partial charge in [0, 0.05) is 10.7 Å². The fourth-order valence-corrected chi connectivity index (χ4v) is 2.91. The van der Waals surface area contributed by atoms with Gasteiger partial charge in [0.15, 0.2) is 0 Å². The average Bonchev–Trinajstić information content (AvgIpc) is 2.71. The van der Waals surface area contributed by atoms with Crippen LogP contribution < -0.4 is 15.4 Å². The van der Waals surface area contributed by atoms with Crippen LogP contribution in [0.15, 0.2) is 77.5 Å². The summed E-state index contributed by atoms with van der Waals surface area (Å²) in [5, 5.41) is 5.27. The molecular formula is C21H18BrN3O3. The molecule has 6 nitrogen and oxygen atoms in total. The molecule has 2 amide bonds. The number of para-hydroxylation sites is 1. The van der Waals surface area contributed by atoms with E-state index in [1.165, 1.54) is 6.20 Å². The molecule has 0 aliphatic carbocycles. The largest absolute Gasteiger partial charge is 0.488 e. The lowest BCUT2D eigenvalue weighted by Gasteiger charge is -2.12. The van der Waals surface area contributed by atoms with Crippen LogP contribution in [0, 0.1) is 0 Å². The van der Waals surface area contributed by atoms with Crippen LogP contribution in [0.25, 0.3) is 0 Å². The summed E-state index contributed by atoms with van der Waals surface area (Å²) in [4.78, 5) is 28.4. The number of carbonyl (C=O) groups is 2. The number of aromatic nitrogens is 1. The quantitative estimate of drug-likeness (QED) is 0.586. The molecule has 7 heteroatoms. The first-order chi connectivity index (χ1) is 13.6. The highest BCUT2D eigenvalue weighted by Gasteiger charge is 2.13. The number of carbonyl (C=O) groups excluding carboxylic acids is 2. The van der Waals surface area contributed by atoms with Gasteiger partial charge in [-0.2, -0.15) is 0 Å². The van der Waals surface area contributed by atoms with Gasteiger partial charge >= 0.3 is 0 Å². The zero-order chi connectivity index (χ0) is 19.8. The standard InChI is InChI=1S/C21H18BrN3O3/c22-16-6-3-5-15(11-16)14-28-19-9-2-1-8-18(19)21(27)24-13-20(26)25-17-7-4-10-23-12-17/h1-12H,13-14H2,(H,24,27)(H,25,26). The molecule has 2 N–H and O–H groups in total. The van der Waals surface area contributed by atoms with Gasteiger partial charge in [-0.15, -0.1) is 0 Å². The summed E-state index contributed by atoms with van der Waals surface area (Å²) in [6.07, 6.45) is 3.15. The molecule has 0 bridgehead atoms. The van der Waals surface area contributed by atoms with E-state index in [1.807, 2.05) is 24.3 Å². The van der Waals surface area contributed by atoms with Gasteiger partial charge in [0.2, 0.25) is 5.91 Å². The Balaban J connectivity index is 1.58. The van der Waals surface area contributed by atoms with Crippen molar-refractivity contribution in [3.63, 3.8) is 0 Å². The van der Waals surface area contributed by atoms with E-state index in [0.717, 1.165) is 10.0 Å². The summed E-state index contributed by atoms with van der Waals surface area (Å²) >= 11 is 3.42. The van der Waals surface area contributed by atoms with Crippen LogP contribution in [0.5, 0.6) is 5.75 Å². The molecule has 0 aliphatic rings. The number of nitrogens with one attached hydrogen (secondary N) is 2. The second-order valence-electron chi connectivity index (χ2n) is 5.89. The molecule has 0 unspecified atom stereocenters. The fourth-order valence-electron chi connectivity index (χ4n) is 2.47. The highest BCUT2D eigenvalue weighted by Crippen LogP contribution is 2.20. The summed E-state index contributed by atoms with van der Waals surface area (Å²) in [5.41, 5.74) is 1.91. The number of rotatable bonds is 7. The molecule has 142 valence electrons. The summed E-state index contributed by atoms with van der Waals surface area (Å²) in [7, 11) is 0. The van der Waals surface area contributed by atoms with Crippen molar-refractivity contribution in [1.82, 2.24) is 10.3 Å². The average molecular weight is 440 g/mol. The van der Waals surface area contributed by atoms with E-state index >= 15 is 0 Å². The zero-order valence-electron chi connectivity index (χ0n) is 14.9. The van der Waals surface area contributed by atoms with E-state index in [-0.39, 0.29) is 18.4 Å². The van der Waals surface area contributed by atoms with E-state index in [9.17, 15) is 9.59 Å². The lowest BCUT2D eigenvalue weighted by atomic mass is 10.2. The molecule has 28 heavy (non-hydrogen) atoms. The second kappa shape index (κ2) is 9.66. The lowest BCUT2D eigenvalue weighted by Crippen LogP contribution is -2.33. The summed E-state index contributed by atoms with van der Waals surface area (Å²) < 4.78 is 6.77. The maximum absolute atomic E-state index is 12.5. The van der Waals surface area contributed by atoms with Crippen molar-refractivity contribution in [2.45, 2.75) is 6.61 Å². The molecular weight excluding hydrogens is 422 g/mol. The molecule has 1 heterocycles. The van der Waals surface area contributed by atoms with E-state index < -0.39 is 0 Å². The van der Waals surface area contributed by atoms with Crippen molar-refractivity contribution in [3.8, 4) is 5.75 Å². The Bertz CT molecular complexity index is 964. The zero-order valence-corrected chi connectivity index (χ0v) is 16.5. The second-order valence-corrected chi connectivity index (χ2v) is 6.80. The molecule has 3 aromatic rings. The van der Waals surface area contributed by atoms with Gasteiger partial charge < -0.3 is 15.4 Å². The lowest BCUT2D eigenvalue weighted by molar-refractivity contribution is -0.115. The maximum atomic E-state index is 12.5. The van der Waals surface area contributed by atoms with Gasteiger partial charge in [-0.1, -0.05) is 40.2 Å². The molecule has 0 fully saturated rings. The van der Waals surface area contributed by atoms with Crippen LogP contribution in [0.1, 0.15) is 15.9 Å². The van der Waals surface area contributed by atoms with E-state index in [0.29, 0.717) is 23.6 Å². The number of benzene rings is 2. The third kappa shape index (κ3) is 5.65. The molecule has 3 rings (SSSR count). The predicted molar refractivity (Wildman–Crippen MR) is 110 cm³/mol. The predicted octanol–water partition coefficient (Wildman–Crippen LogP) is 3.79. The van der Waals surface area contributed by atoms with Gasteiger partial charge in [-0.05, 0) is 42.0 Å². The molecule has 0 saturated carbocycles. The van der Waals surface area contributed by atoms with E-state index in [4.69, 9.17) is 4.74 Å². The number of hydrogen-bond acceptors (Lipinski definition) is 4. The van der Waals surface area contributed by atoms with Gasteiger partial charge in [-0.3, -0.25) is 14.6 Å². The number of ether oxygens (including phenoxy) is 1. The van der Waals surface area contributed by atoms with E-state index in [1.54, 1.807) is 42.6 Å². The number of amides is 2. The van der Waals surface area contributed by atoms with Crippen molar-refractivity contribution in [1.29, 1.82) is 0 Å². The molecule has 2 aromatic carbocycles. The van der Waals surface area contributed by atoms with Crippen LogP contribution in [0.4, 0.5) is 5.69 Å². The van der Waals surface area contributed by atoms with Crippen LogP contribution in [-0.4, -0.2) is 23.3 Å². The Morgan fingerprint density at radius 1 is 1.04 bits per heavy atom. The number of anilines is 1. The number of nitrogens with zero attached hydrogens (tertiary/aromatic N) is 1. The smallest absolute Gasteiger partial charge is 0.255 e. The van der Waals surface area contributed by atoms with Gasteiger partial charge in [0.05, 0.1) is 24.0 Å². The highest BCUT2D eigenvalue weighted by atomic mass is 79.9. The molecule has 0 aliphatic heterocycles. The van der Waals surface area contributed by atoms with Gasteiger partial charge in [0.1, 0.15) is 12.4 Å². The minimum Gasteiger partial charge on any atom is -0.488 e. The van der Waals surface area contributed by atoms with Crippen LogP contribution in [0.2, 0.25) is 0 Å². The third-order valence-corrected chi connectivity index (χ3v) is 4.26. The Hall–Kier alpha value is -3.19. The van der Waals surface area contributed by atoms with Crippen molar-refractivity contribution in [2.24, 2.45) is 0 Å². The Kier molecular flexibility index (Phi) is 6.75. The third-order valence-electron chi connectivity index (χ3n) is 3.77. The SMILES string of the molecule is O=C(CNC(=O)c1ccccc1OCc1cccc(Br)c1)Nc1cccnc1. The molecule has 0 atom stereocenters. The first-order valence-corrected chi connectivity index (χ1v) is 9.35. The fraction of sp³-hybridized carbons (Fsp3) is 0.0952. The molecule has 0 spiro atoms. The first-order valence-electron chi connectivity index (χ1n) is 8.56. The van der Waals surface area contributed by atoms with Crippen molar-refractivity contribution < 1.29 is 14.3 Å². The van der Waals surface area contributed by atoms with Crippen LogP contribution in [0.3, 0.4) is 0 Å². The summed E-state index contributed by atoms with van der Waals surface area (Å²) in [5.74, 6) is -0.271. The molecule has 1 aromatic heterocycles. The molecule has 0 radical (unpaired) electrons. The van der Waals surface area contributed by atoms with Gasteiger partial charge in [-0.25, -0.2) is 0 Å². The molecule has 0 saturated heterocycles. The Morgan fingerprint density at radius 3 is 2.68 bits per heavy atom. The summed E-state index contributed by atoms with van der Waals surface area (Å²) in [6.45, 7) is 0.166. The highest BCUT2D eigenvalue weighted by molar-refractivity contribution is 9.10. The summed E-state index contributed by atoms with van der Waals surface area (Å²) in [6, 6.07) is 18.1. The van der Waals surface area contributed by atoms with Crippen molar-refractivity contribution >= 4 is 33.4 Å². The minimum absolute atomic E-state index is 0.159. The Labute approximate surface area is 171 Å². The number of hydrogen-bond donors (Lipinski definition) is 2. The van der Waals surface area contributed by atoms with Crippen molar-refractivity contribution in [2.75, 3.05) is 11.9 Å². The van der Waals surface area contributed by atoms with Gasteiger partial charge in [0.25, 0.3) is 5.91 Å². The normalized spacial score (nSPS) is 10.2. The maximum Gasteiger partial charge on any atom is 0.255 e. The van der Waals surface area contributed by atoms with Crippen LogP contribution in [-0.2, 0) is 11.4 Å². The Morgan fingerprint density at radius 2 is 1.89 bits per heavy atom. The minimum atomic E-state index is -0.383. The number of halogens is 1. The topological polar surface area (TPSA) is 80.3 Å². The first kappa shape index (κ1) is 19.6.